The molecule has 1 aromatic carbocycles. The molecule has 0 bridgehead atoms. The molecule has 1 aromatic heterocycles. The summed E-state index contributed by atoms with van der Waals surface area (Å²) in [6, 6.07) is 7.93. The maximum absolute atomic E-state index is 12.6. The Balaban J connectivity index is 1.63. The van der Waals surface area contributed by atoms with Crippen molar-refractivity contribution in [3.05, 3.63) is 41.3 Å². The minimum absolute atomic E-state index is 0.0215. The van der Waals surface area contributed by atoms with Gasteiger partial charge in [-0.05, 0) is 44.2 Å². The molecule has 5 nitrogen and oxygen atoms in total. The van der Waals surface area contributed by atoms with E-state index in [1.807, 2.05) is 43.0 Å². The van der Waals surface area contributed by atoms with Gasteiger partial charge in [0.05, 0.1) is 11.4 Å². The van der Waals surface area contributed by atoms with Crippen LogP contribution in [0.25, 0.3) is 11.5 Å². The van der Waals surface area contributed by atoms with Gasteiger partial charge in [0.1, 0.15) is 11.5 Å². The highest BCUT2D eigenvalue weighted by Gasteiger charge is 2.26. The lowest BCUT2D eigenvalue weighted by molar-refractivity contribution is -0.131. The van der Waals surface area contributed by atoms with Crippen LogP contribution in [0, 0.1) is 25.7 Å². The van der Waals surface area contributed by atoms with Crippen LogP contribution >= 0.6 is 0 Å². The van der Waals surface area contributed by atoms with Crippen LogP contribution in [-0.2, 0) is 21.3 Å². The van der Waals surface area contributed by atoms with Crippen molar-refractivity contribution in [2.24, 2.45) is 11.8 Å². The second kappa shape index (κ2) is 8.38. The highest BCUT2D eigenvalue weighted by atomic mass is 32.2. The van der Waals surface area contributed by atoms with Gasteiger partial charge in [0.25, 0.3) is 0 Å². The van der Waals surface area contributed by atoms with Crippen LogP contribution in [0.3, 0.4) is 0 Å². The van der Waals surface area contributed by atoms with Gasteiger partial charge in [-0.2, -0.15) is 0 Å². The molecule has 0 radical (unpaired) electrons. The van der Waals surface area contributed by atoms with E-state index in [1.54, 1.807) is 0 Å². The summed E-state index contributed by atoms with van der Waals surface area (Å²) >= 11 is 0. The van der Waals surface area contributed by atoms with Crippen molar-refractivity contribution in [2.75, 3.05) is 18.8 Å². The lowest BCUT2D eigenvalue weighted by Gasteiger charge is -2.34. The number of rotatable bonds is 5. The zero-order valence-electron chi connectivity index (χ0n) is 16.5. The molecule has 3 rings (SSSR count). The summed E-state index contributed by atoms with van der Waals surface area (Å²) in [5, 5.41) is 0. The number of piperidine rings is 1. The van der Waals surface area contributed by atoms with E-state index >= 15 is 0 Å². The van der Waals surface area contributed by atoms with Crippen LogP contribution in [0.4, 0.5) is 0 Å². The molecule has 1 fully saturated rings. The quantitative estimate of drug-likeness (QED) is 0.783. The molecule has 0 aliphatic carbocycles. The Kier molecular flexibility index (Phi) is 6.15. The fourth-order valence-corrected chi connectivity index (χ4v) is 4.90. The number of amides is 1. The molecule has 1 amide bonds. The topological polar surface area (TPSA) is 63.4 Å². The first-order chi connectivity index (χ1) is 12.8. The van der Waals surface area contributed by atoms with Crippen molar-refractivity contribution >= 4 is 16.7 Å². The van der Waals surface area contributed by atoms with E-state index < -0.39 is 10.8 Å². The molecule has 27 heavy (non-hydrogen) atoms. The standard InChI is InChI=1S/C21H28N2O3S/c1-14-6-5-7-18(9-14)21-22-19(17(4)26-21)12-27(25)13-20(24)23-10-15(2)8-16(3)11-23/h5-7,9,15-16H,8,10-13H2,1-4H3/t15-,16-,27+/m1/s1. The van der Waals surface area contributed by atoms with Gasteiger partial charge in [-0.3, -0.25) is 9.00 Å². The SMILES string of the molecule is Cc1cccc(-c2nc(C[S@](=O)CC(=O)N3C[C@H](C)C[C@@H](C)C3)c(C)o2)c1. The smallest absolute Gasteiger partial charge is 0.235 e. The van der Waals surface area contributed by atoms with E-state index in [0.29, 0.717) is 29.2 Å². The number of aromatic nitrogens is 1. The lowest BCUT2D eigenvalue weighted by atomic mass is 9.92. The van der Waals surface area contributed by atoms with Crippen LogP contribution in [0.15, 0.2) is 28.7 Å². The average Bonchev–Trinajstić information content (AvgIpc) is 2.94. The van der Waals surface area contributed by atoms with E-state index in [9.17, 15) is 9.00 Å². The number of benzene rings is 1. The number of oxazole rings is 1. The lowest BCUT2D eigenvalue weighted by Crippen LogP contribution is -2.44. The minimum atomic E-state index is -1.30. The maximum atomic E-state index is 12.6. The van der Waals surface area contributed by atoms with Crippen molar-refractivity contribution in [2.45, 2.75) is 39.9 Å². The predicted octanol–water partition coefficient (Wildman–Crippen LogP) is 3.71. The highest BCUT2D eigenvalue weighted by molar-refractivity contribution is 7.84. The molecule has 1 aliphatic rings. The summed E-state index contributed by atoms with van der Waals surface area (Å²) in [5.74, 6) is 2.46. The normalized spacial score (nSPS) is 21.3. The molecule has 1 saturated heterocycles. The summed E-state index contributed by atoms with van der Waals surface area (Å²) in [6.07, 6.45) is 1.15. The predicted molar refractivity (Wildman–Crippen MR) is 108 cm³/mol. The van der Waals surface area contributed by atoms with Gasteiger partial charge >= 0.3 is 0 Å². The van der Waals surface area contributed by atoms with Crippen molar-refractivity contribution in [1.29, 1.82) is 0 Å². The molecular formula is C21H28N2O3S. The van der Waals surface area contributed by atoms with Gasteiger partial charge in [0, 0.05) is 29.5 Å². The molecule has 6 heteroatoms. The third-order valence-electron chi connectivity index (χ3n) is 4.96. The molecular weight excluding hydrogens is 360 g/mol. The van der Waals surface area contributed by atoms with E-state index in [-0.39, 0.29) is 17.4 Å². The van der Waals surface area contributed by atoms with E-state index in [1.165, 1.54) is 0 Å². The van der Waals surface area contributed by atoms with Crippen LogP contribution in [-0.4, -0.2) is 38.8 Å². The first-order valence-corrected chi connectivity index (χ1v) is 11.0. The molecule has 0 unspecified atom stereocenters. The second-order valence-corrected chi connectivity index (χ2v) is 9.32. The number of carbonyl (C=O) groups is 1. The Bertz CT molecular complexity index is 836. The second-order valence-electron chi connectivity index (χ2n) is 7.86. The van der Waals surface area contributed by atoms with Crippen LogP contribution in [0.1, 0.15) is 37.3 Å². The first-order valence-electron chi connectivity index (χ1n) is 9.48. The number of aryl methyl sites for hydroxylation is 2. The van der Waals surface area contributed by atoms with Gasteiger partial charge in [-0.15, -0.1) is 0 Å². The maximum Gasteiger partial charge on any atom is 0.235 e. The summed E-state index contributed by atoms with van der Waals surface area (Å²) in [5.41, 5.74) is 2.70. The molecule has 2 heterocycles. The van der Waals surface area contributed by atoms with E-state index in [2.05, 4.69) is 18.8 Å². The van der Waals surface area contributed by atoms with Crippen molar-refractivity contribution in [3.8, 4) is 11.5 Å². The third kappa shape index (κ3) is 5.06. The van der Waals surface area contributed by atoms with Crippen LogP contribution in [0.5, 0.6) is 0 Å². The Morgan fingerprint density at radius 3 is 2.63 bits per heavy atom. The number of hydrogen-bond acceptors (Lipinski definition) is 4. The van der Waals surface area contributed by atoms with Gasteiger partial charge in [0.15, 0.2) is 0 Å². The van der Waals surface area contributed by atoms with Crippen LogP contribution in [0.2, 0.25) is 0 Å². The summed E-state index contributed by atoms with van der Waals surface area (Å²) in [4.78, 5) is 18.9. The molecule has 146 valence electrons. The van der Waals surface area contributed by atoms with Crippen molar-refractivity contribution in [3.63, 3.8) is 0 Å². The van der Waals surface area contributed by atoms with Gasteiger partial charge in [-0.25, -0.2) is 4.98 Å². The highest BCUT2D eigenvalue weighted by Crippen LogP contribution is 2.24. The first kappa shape index (κ1) is 19.8. The minimum Gasteiger partial charge on any atom is -0.441 e. The molecule has 0 saturated carbocycles. The Morgan fingerprint density at radius 1 is 1.26 bits per heavy atom. The summed E-state index contributed by atoms with van der Waals surface area (Å²) in [7, 11) is -1.30. The summed E-state index contributed by atoms with van der Waals surface area (Å²) < 4.78 is 18.3. The Morgan fingerprint density at radius 2 is 1.96 bits per heavy atom. The zero-order chi connectivity index (χ0) is 19.6. The zero-order valence-corrected chi connectivity index (χ0v) is 17.3. The largest absolute Gasteiger partial charge is 0.441 e. The van der Waals surface area contributed by atoms with Crippen LogP contribution < -0.4 is 0 Å². The summed E-state index contributed by atoms with van der Waals surface area (Å²) in [6.45, 7) is 9.70. The third-order valence-corrected chi connectivity index (χ3v) is 6.13. The van der Waals surface area contributed by atoms with Crippen molar-refractivity contribution in [1.82, 2.24) is 9.88 Å². The number of hydrogen-bond donors (Lipinski definition) is 0. The van der Waals surface area contributed by atoms with E-state index in [0.717, 1.165) is 30.6 Å². The fourth-order valence-electron chi connectivity index (χ4n) is 3.76. The fraction of sp³-hybridized carbons (Fsp3) is 0.524. The Hall–Kier alpha value is -1.95. The number of carbonyl (C=O) groups excluding carboxylic acids is 1. The molecule has 0 spiro atoms. The van der Waals surface area contributed by atoms with Gasteiger partial charge in [0.2, 0.25) is 11.8 Å². The van der Waals surface area contributed by atoms with E-state index in [4.69, 9.17) is 4.42 Å². The van der Waals surface area contributed by atoms with Gasteiger partial charge in [-0.1, -0.05) is 31.5 Å². The molecule has 1 aliphatic heterocycles. The average molecular weight is 389 g/mol. The monoisotopic (exact) mass is 388 g/mol. The number of likely N-dealkylation sites (tertiary alicyclic amines) is 1. The number of nitrogens with zero attached hydrogens (tertiary/aromatic N) is 2. The molecule has 2 aromatic rings. The van der Waals surface area contributed by atoms with Gasteiger partial charge < -0.3 is 9.32 Å². The van der Waals surface area contributed by atoms with Crippen molar-refractivity contribution < 1.29 is 13.4 Å². The molecule has 3 atom stereocenters. The Labute approximate surface area is 163 Å². The molecule has 0 N–H and O–H groups in total.